The van der Waals surface area contributed by atoms with Crippen molar-refractivity contribution in [3.8, 4) is 0 Å². The molecule has 6 rings (SSSR count). The van der Waals surface area contributed by atoms with Crippen LogP contribution in [0.5, 0.6) is 0 Å². The molecule has 0 bridgehead atoms. The molecule has 0 unspecified atom stereocenters. The monoisotopic (exact) mass is 468 g/mol. The van der Waals surface area contributed by atoms with E-state index in [4.69, 9.17) is 28.1 Å². The van der Waals surface area contributed by atoms with E-state index < -0.39 is 0 Å². The highest BCUT2D eigenvalue weighted by atomic mass is 35.5. The fourth-order valence-corrected chi connectivity index (χ4v) is 5.37. The number of likely N-dealkylation sites (tertiary alicyclic amines) is 1. The maximum absolute atomic E-state index is 6.90. The number of fused-ring (bicyclic) bond motifs is 1. The van der Waals surface area contributed by atoms with Crippen LogP contribution in [0.25, 0.3) is 5.65 Å². The zero-order valence-electron chi connectivity index (χ0n) is 18.7. The van der Waals surface area contributed by atoms with Gasteiger partial charge in [0.15, 0.2) is 11.5 Å². The first-order valence-corrected chi connectivity index (χ1v) is 11.8. The topological polar surface area (TPSA) is 126 Å². The molecule has 2 aromatic heterocycles. The fourth-order valence-electron chi connectivity index (χ4n) is 5.10. The maximum atomic E-state index is 6.90. The minimum atomic E-state index is 0.333. The predicted octanol–water partition coefficient (Wildman–Crippen LogP) is 1.76. The number of nitrogens with two attached hydrogens (primary N) is 2. The van der Waals surface area contributed by atoms with Crippen LogP contribution in [0.2, 0.25) is 5.02 Å². The summed E-state index contributed by atoms with van der Waals surface area (Å²) in [5.41, 5.74) is 16.6. The lowest BCUT2D eigenvalue weighted by Gasteiger charge is -2.60. The molecule has 6 N–H and O–H groups in total. The molecule has 0 radical (unpaired) electrons. The minimum absolute atomic E-state index is 0.333. The molecule has 1 saturated carbocycles. The highest BCUT2D eigenvalue weighted by Gasteiger charge is 2.50. The van der Waals surface area contributed by atoms with Gasteiger partial charge < -0.3 is 31.9 Å². The Morgan fingerprint density at radius 2 is 1.94 bits per heavy atom. The predicted molar refractivity (Wildman–Crippen MR) is 130 cm³/mol. The van der Waals surface area contributed by atoms with E-state index in [-0.39, 0.29) is 0 Å². The molecule has 1 spiro atoms. The summed E-state index contributed by atoms with van der Waals surface area (Å²) >= 11 is 6.90. The van der Waals surface area contributed by atoms with Crippen molar-refractivity contribution >= 4 is 40.4 Å². The van der Waals surface area contributed by atoms with E-state index in [1.807, 2.05) is 6.07 Å². The van der Waals surface area contributed by atoms with Crippen molar-refractivity contribution in [3.63, 3.8) is 0 Å². The first kappa shape index (κ1) is 20.9. The number of anilines is 4. The van der Waals surface area contributed by atoms with E-state index in [0.717, 1.165) is 61.7 Å². The second-order valence-electron chi connectivity index (χ2n) is 9.73. The Labute approximate surface area is 197 Å². The normalized spacial score (nSPS) is 19.6. The SMILES string of the molecule is CN1CC2(C1)CN(c1cc(CN)cc(Nc3nc(NC4CC4)c4ncc(CN)n4n3)c1Cl)C2. The van der Waals surface area contributed by atoms with Crippen LogP contribution in [0, 0.1) is 5.41 Å². The molecule has 2 aliphatic heterocycles. The quantitative estimate of drug-likeness (QED) is 0.410. The second-order valence-corrected chi connectivity index (χ2v) is 10.1. The average Bonchev–Trinajstić information content (AvgIpc) is 3.47. The lowest BCUT2D eigenvalue weighted by Crippen LogP contribution is -2.71. The van der Waals surface area contributed by atoms with Gasteiger partial charge in [0, 0.05) is 50.7 Å². The van der Waals surface area contributed by atoms with Crippen LogP contribution in [0.15, 0.2) is 18.3 Å². The van der Waals surface area contributed by atoms with Crippen molar-refractivity contribution in [2.45, 2.75) is 32.0 Å². The van der Waals surface area contributed by atoms with E-state index in [1.165, 1.54) is 0 Å². The number of halogens is 1. The van der Waals surface area contributed by atoms with Gasteiger partial charge in [0.25, 0.3) is 0 Å². The van der Waals surface area contributed by atoms with Gasteiger partial charge in [-0.25, -0.2) is 9.50 Å². The minimum Gasteiger partial charge on any atom is -0.369 e. The Morgan fingerprint density at radius 1 is 1.15 bits per heavy atom. The number of nitrogens with one attached hydrogen (secondary N) is 2. The summed E-state index contributed by atoms with van der Waals surface area (Å²) in [6.07, 6.45) is 4.00. The summed E-state index contributed by atoms with van der Waals surface area (Å²) in [5, 5.41) is 12.1. The van der Waals surface area contributed by atoms with Crippen LogP contribution < -0.4 is 27.0 Å². The van der Waals surface area contributed by atoms with E-state index in [1.54, 1.807) is 10.7 Å². The van der Waals surface area contributed by atoms with Gasteiger partial charge >= 0.3 is 0 Å². The van der Waals surface area contributed by atoms with Gasteiger partial charge in [0.2, 0.25) is 5.95 Å². The summed E-state index contributed by atoms with van der Waals surface area (Å²) in [6, 6.07) is 4.49. The summed E-state index contributed by atoms with van der Waals surface area (Å²) in [5.74, 6) is 1.13. The van der Waals surface area contributed by atoms with Gasteiger partial charge in [-0.2, -0.15) is 4.98 Å². The molecule has 33 heavy (non-hydrogen) atoms. The van der Waals surface area contributed by atoms with Gasteiger partial charge in [0.05, 0.1) is 28.3 Å². The van der Waals surface area contributed by atoms with Gasteiger partial charge in [-0.15, -0.1) is 5.10 Å². The molecule has 1 aromatic carbocycles. The van der Waals surface area contributed by atoms with E-state index in [2.05, 4.69) is 43.6 Å². The largest absolute Gasteiger partial charge is 0.369 e. The first-order chi connectivity index (χ1) is 16.0. The maximum Gasteiger partial charge on any atom is 0.247 e. The molecule has 0 amide bonds. The Balaban J connectivity index is 1.33. The standard InChI is InChI=1S/C22H29ClN10/c1-31-9-22(10-31)11-32(12-22)17-5-13(6-24)4-16(18(17)23)28-21-29-19(27-14-2-3-14)20-26-8-15(7-25)33(20)30-21/h4-5,8,14H,2-3,6-7,9-12,24-25H2,1H3,(H2,27,28,29,30). The number of hydrogen-bond acceptors (Lipinski definition) is 9. The van der Waals surface area contributed by atoms with E-state index in [9.17, 15) is 0 Å². The van der Waals surface area contributed by atoms with Crippen LogP contribution >= 0.6 is 11.6 Å². The van der Waals surface area contributed by atoms with Crippen molar-refractivity contribution in [3.05, 3.63) is 34.6 Å². The van der Waals surface area contributed by atoms with Crippen molar-refractivity contribution in [2.24, 2.45) is 16.9 Å². The molecule has 1 aliphatic carbocycles. The Kier molecular flexibility index (Phi) is 4.88. The molecule has 3 aliphatic rings. The second kappa shape index (κ2) is 7.69. The van der Waals surface area contributed by atoms with Gasteiger partial charge in [-0.1, -0.05) is 11.6 Å². The summed E-state index contributed by atoms with van der Waals surface area (Å²) in [6.45, 7) is 5.06. The highest BCUT2D eigenvalue weighted by molar-refractivity contribution is 6.36. The van der Waals surface area contributed by atoms with Crippen LogP contribution in [-0.4, -0.2) is 63.8 Å². The smallest absolute Gasteiger partial charge is 0.247 e. The molecule has 174 valence electrons. The van der Waals surface area contributed by atoms with Crippen LogP contribution in [0.4, 0.5) is 23.1 Å². The Morgan fingerprint density at radius 3 is 2.61 bits per heavy atom. The van der Waals surface area contributed by atoms with E-state index >= 15 is 0 Å². The summed E-state index contributed by atoms with van der Waals surface area (Å²) in [7, 11) is 2.16. The third kappa shape index (κ3) is 3.67. The number of benzene rings is 1. The number of hydrogen-bond donors (Lipinski definition) is 4. The first-order valence-electron chi connectivity index (χ1n) is 11.4. The van der Waals surface area contributed by atoms with Crippen molar-refractivity contribution in [1.29, 1.82) is 0 Å². The average molecular weight is 469 g/mol. The Hall–Kier alpha value is -2.66. The lowest BCUT2D eigenvalue weighted by atomic mass is 9.73. The van der Waals surface area contributed by atoms with Crippen molar-refractivity contribution in [1.82, 2.24) is 24.5 Å². The zero-order chi connectivity index (χ0) is 22.7. The van der Waals surface area contributed by atoms with Gasteiger partial charge in [0.1, 0.15) is 0 Å². The van der Waals surface area contributed by atoms with E-state index in [0.29, 0.717) is 47.0 Å². The van der Waals surface area contributed by atoms with Crippen LogP contribution in [0.1, 0.15) is 24.1 Å². The number of nitrogens with zero attached hydrogens (tertiary/aromatic N) is 6. The molecular weight excluding hydrogens is 440 g/mol. The van der Waals surface area contributed by atoms with Crippen LogP contribution in [-0.2, 0) is 13.1 Å². The third-order valence-electron chi connectivity index (χ3n) is 6.76. The third-order valence-corrected chi connectivity index (χ3v) is 7.16. The van der Waals surface area contributed by atoms with Crippen LogP contribution in [0.3, 0.4) is 0 Å². The van der Waals surface area contributed by atoms with Crippen molar-refractivity contribution in [2.75, 3.05) is 48.8 Å². The lowest BCUT2D eigenvalue weighted by molar-refractivity contribution is -0.00237. The molecule has 11 heteroatoms. The van der Waals surface area contributed by atoms with Gasteiger partial charge in [-0.3, -0.25) is 0 Å². The number of aromatic nitrogens is 4. The molecule has 3 aromatic rings. The molecule has 10 nitrogen and oxygen atoms in total. The fraction of sp³-hybridized carbons (Fsp3) is 0.500. The van der Waals surface area contributed by atoms with Gasteiger partial charge in [-0.05, 0) is 37.6 Å². The number of rotatable bonds is 7. The number of imidazole rings is 1. The molecule has 4 heterocycles. The Bertz CT molecular complexity index is 1210. The molecular formula is C22H29ClN10. The summed E-state index contributed by atoms with van der Waals surface area (Å²) in [4.78, 5) is 13.9. The molecule has 2 saturated heterocycles. The van der Waals surface area contributed by atoms with Crippen molar-refractivity contribution < 1.29 is 0 Å². The summed E-state index contributed by atoms with van der Waals surface area (Å²) < 4.78 is 1.74. The molecule has 0 atom stereocenters. The highest BCUT2D eigenvalue weighted by Crippen LogP contribution is 2.45. The molecule has 3 fully saturated rings. The zero-order valence-corrected chi connectivity index (χ0v) is 19.4.